The molecule has 0 N–H and O–H groups in total. The highest BCUT2D eigenvalue weighted by Gasteiger charge is 2.15. The van der Waals surface area contributed by atoms with Crippen LogP contribution in [0.2, 0.25) is 5.02 Å². The summed E-state index contributed by atoms with van der Waals surface area (Å²) in [5.74, 6) is -1.66. The summed E-state index contributed by atoms with van der Waals surface area (Å²) in [5, 5.41) is 8.79. The number of nitriles is 1. The quantitative estimate of drug-likeness (QED) is 0.749. The zero-order valence-corrected chi connectivity index (χ0v) is 9.22. The third kappa shape index (κ3) is 2.13. The molecule has 2 aromatic rings. The Morgan fingerprint density at radius 1 is 1.24 bits per heavy atom. The van der Waals surface area contributed by atoms with E-state index in [4.69, 9.17) is 16.9 Å². The van der Waals surface area contributed by atoms with Crippen LogP contribution in [0.15, 0.2) is 30.3 Å². The van der Waals surface area contributed by atoms with E-state index in [-0.39, 0.29) is 21.7 Å². The smallest absolute Gasteiger partial charge is 0.135 e. The summed E-state index contributed by atoms with van der Waals surface area (Å²) < 4.78 is 27.4. The highest BCUT2D eigenvalue weighted by molar-refractivity contribution is 6.33. The van der Waals surface area contributed by atoms with Gasteiger partial charge in [0.25, 0.3) is 0 Å². The van der Waals surface area contributed by atoms with Crippen molar-refractivity contribution in [1.82, 2.24) is 0 Å². The Balaban J connectivity index is 2.70. The third-order valence-corrected chi connectivity index (χ3v) is 2.54. The normalized spacial score (nSPS) is 10.0. The summed E-state index contributed by atoms with van der Waals surface area (Å²) in [5.41, 5.74) is -0.195. The second-order valence-electron chi connectivity index (χ2n) is 3.32. The van der Waals surface area contributed by atoms with E-state index in [1.807, 2.05) is 0 Å². The van der Waals surface area contributed by atoms with E-state index < -0.39 is 11.6 Å². The van der Waals surface area contributed by atoms with Crippen LogP contribution in [0.25, 0.3) is 11.1 Å². The molecule has 83 valence electrons. The zero-order valence-electron chi connectivity index (χ0n) is 8.47. The Morgan fingerprint density at radius 2 is 1.88 bits per heavy atom. The van der Waals surface area contributed by atoms with Gasteiger partial charge >= 0.3 is 0 Å². The van der Waals surface area contributed by atoms with Crippen LogP contribution in [-0.2, 0) is 0 Å². The van der Waals surface area contributed by atoms with Crippen molar-refractivity contribution in [2.24, 2.45) is 0 Å². The number of rotatable bonds is 1. The summed E-state index contributed by atoms with van der Waals surface area (Å²) in [4.78, 5) is 0. The Bertz CT molecular complexity index is 594. The topological polar surface area (TPSA) is 23.8 Å². The van der Waals surface area contributed by atoms with Gasteiger partial charge in [0, 0.05) is 10.6 Å². The van der Waals surface area contributed by atoms with Gasteiger partial charge < -0.3 is 0 Å². The van der Waals surface area contributed by atoms with E-state index >= 15 is 0 Å². The van der Waals surface area contributed by atoms with Gasteiger partial charge in [-0.2, -0.15) is 5.26 Å². The molecule has 0 saturated carbocycles. The maximum atomic E-state index is 13.7. The standard InChI is InChI=1S/C13H5ClF2N/c14-10-4-2-1-3-9(10)13-11(15)5-8(7-17)6-12(13)16/h1-2,4-6H. The lowest BCUT2D eigenvalue weighted by Gasteiger charge is -2.07. The first kappa shape index (κ1) is 11.6. The molecule has 2 rings (SSSR count). The lowest BCUT2D eigenvalue weighted by molar-refractivity contribution is 0.589. The zero-order chi connectivity index (χ0) is 12.4. The van der Waals surface area contributed by atoms with Gasteiger partial charge in [-0.1, -0.05) is 23.7 Å². The van der Waals surface area contributed by atoms with Crippen LogP contribution in [0.3, 0.4) is 0 Å². The highest BCUT2D eigenvalue weighted by Crippen LogP contribution is 2.31. The van der Waals surface area contributed by atoms with E-state index in [0.717, 1.165) is 12.1 Å². The van der Waals surface area contributed by atoms with E-state index in [0.29, 0.717) is 0 Å². The lowest BCUT2D eigenvalue weighted by Crippen LogP contribution is -1.93. The number of benzene rings is 2. The minimum Gasteiger partial charge on any atom is -0.206 e. The first-order chi connectivity index (χ1) is 8.13. The summed E-state index contributed by atoms with van der Waals surface area (Å²) in [7, 11) is 0. The second-order valence-corrected chi connectivity index (χ2v) is 3.73. The van der Waals surface area contributed by atoms with Crippen molar-refractivity contribution in [3.63, 3.8) is 0 Å². The largest absolute Gasteiger partial charge is 0.206 e. The van der Waals surface area contributed by atoms with Gasteiger partial charge in [-0.25, -0.2) is 8.78 Å². The van der Waals surface area contributed by atoms with Crippen molar-refractivity contribution in [2.45, 2.75) is 0 Å². The fourth-order valence-electron chi connectivity index (χ4n) is 1.48. The number of halogens is 3. The maximum Gasteiger partial charge on any atom is 0.135 e. The molecule has 0 aliphatic carbocycles. The third-order valence-electron chi connectivity index (χ3n) is 2.23. The average Bonchev–Trinajstić information content (AvgIpc) is 2.30. The Labute approximate surface area is 102 Å². The van der Waals surface area contributed by atoms with Gasteiger partial charge in [0.2, 0.25) is 0 Å². The minimum atomic E-state index is -0.828. The Kier molecular flexibility index (Phi) is 3.08. The van der Waals surface area contributed by atoms with Crippen LogP contribution in [0.4, 0.5) is 8.78 Å². The van der Waals surface area contributed by atoms with Crippen molar-refractivity contribution < 1.29 is 8.78 Å². The van der Waals surface area contributed by atoms with Crippen molar-refractivity contribution in [2.75, 3.05) is 0 Å². The van der Waals surface area contributed by atoms with Crippen LogP contribution >= 0.6 is 11.6 Å². The highest BCUT2D eigenvalue weighted by atomic mass is 35.5. The molecule has 0 fully saturated rings. The Hall–Kier alpha value is -1.92. The van der Waals surface area contributed by atoms with Gasteiger partial charge in [-0.3, -0.25) is 0 Å². The summed E-state index contributed by atoms with van der Waals surface area (Å²) in [6.45, 7) is 0. The number of hydrogen-bond acceptors (Lipinski definition) is 1. The molecule has 0 atom stereocenters. The number of nitrogens with zero attached hydrogens (tertiary/aromatic N) is 1. The molecule has 1 nitrogen and oxygen atoms in total. The molecule has 0 spiro atoms. The molecular weight excluding hydrogens is 244 g/mol. The SMILES string of the molecule is N#Cc1cc(F)c(-c2[c]cccc2Cl)c(F)c1. The second kappa shape index (κ2) is 4.52. The molecule has 0 aliphatic heterocycles. The van der Waals surface area contributed by atoms with Crippen LogP contribution in [0, 0.1) is 29.0 Å². The van der Waals surface area contributed by atoms with E-state index in [9.17, 15) is 8.78 Å². The van der Waals surface area contributed by atoms with Crippen LogP contribution in [0.1, 0.15) is 5.56 Å². The van der Waals surface area contributed by atoms with E-state index in [2.05, 4.69) is 6.07 Å². The molecule has 0 saturated heterocycles. The fourth-order valence-corrected chi connectivity index (χ4v) is 1.71. The van der Waals surface area contributed by atoms with Gasteiger partial charge in [0.15, 0.2) is 0 Å². The van der Waals surface area contributed by atoms with E-state index in [1.165, 1.54) is 12.1 Å². The molecular formula is C13H5ClF2N. The molecule has 4 heteroatoms. The molecule has 0 amide bonds. The lowest BCUT2D eigenvalue weighted by atomic mass is 10.0. The van der Waals surface area contributed by atoms with Crippen LogP contribution < -0.4 is 0 Å². The monoisotopic (exact) mass is 248 g/mol. The Morgan fingerprint density at radius 3 is 2.41 bits per heavy atom. The van der Waals surface area contributed by atoms with E-state index in [1.54, 1.807) is 12.1 Å². The molecule has 0 unspecified atom stereocenters. The molecule has 0 bridgehead atoms. The van der Waals surface area contributed by atoms with Crippen molar-refractivity contribution in [3.8, 4) is 17.2 Å². The van der Waals surface area contributed by atoms with Gasteiger partial charge in [-0.15, -0.1) is 0 Å². The average molecular weight is 249 g/mol. The van der Waals surface area contributed by atoms with Crippen molar-refractivity contribution >= 4 is 11.6 Å². The minimum absolute atomic E-state index is 0.0733. The summed E-state index contributed by atoms with van der Waals surface area (Å²) >= 11 is 5.85. The molecule has 17 heavy (non-hydrogen) atoms. The molecule has 0 heterocycles. The van der Waals surface area contributed by atoms with Crippen LogP contribution in [-0.4, -0.2) is 0 Å². The fraction of sp³-hybridized carbons (Fsp3) is 0. The van der Waals surface area contributed by atoms with Gasteiger partial charge in [0.1, 0.15) is 11.6 Å². The van der Waals surface area contributed by atoms with Crippen molar-refractivity contribution in [3.05, 3.63) is 58.6 Å². The van der Waals surface area contributed by atoms with Gasteiger partial charge in [0.05, 0.1) is 17.2 Å². The maximum absolute atomic E-state index is 13.7. The number of hydrogen-bond donors (Lipinski definition) is 0. The summed E-state index contributed by atoms with van der Waals surface area (Å²) in [6, 6.07) is 10.9. The molecule has 2 aromatic carbocycles. The molecule has 0 aliphatic rings. The van der Waals surface area contributed by atoms with Crippen molar-refractivity contribution in [1.29, 1.82) is 5.26 Å². The first-order valence-electron chi connectivity index (χ1n) is 4.69. The van der Waals surface area contributed by atoms with Gasteiger partial charge in [-0.05, 0) is 24.3 Å². The molecule has 1 radical (unpaired) electrons. The van der Waals surface area contributed by atoms with Crippen LogP contribution in [0.5, 0.6) is 0 Å². The first-order valence-corrected chi connectivity index (χ1v) is 5.07. The summed E-state index contributed by atoms with van der Waals surface area (Å²) in [6.07, 6.45) is 0. The predicted molar refractivity (Wildman–Crippen MR) is 60.4 cm³/mol. The predicted octanol–water partition coefficient (Wildman–Crippen LogP) is 3.96. The molecule has 0 aromatic heterocycles.